The van der Waals surface area contributed by atoms with E-state index in [0.717, 1.165) is 11.0 Å². The van der Waals surface area contributed by atoms with Crippen molar-refractivity contribution < 1.29 is 9.53 Å². The Morgan fingerprint density at radius 2 is 2.00 bits per heavy atom. The highest BCUT2D eigenvalue weighted by molar-refractivity contribution is 5.94. The van der Waals surface area contributed by atoms with Gasteiger partial charge in [0.1, 0.15) is 11.8 Å². The maximum Gasteiger partial charge on any atom is 0.247 e. The first kappa shape index (κ1) is 16.7. The summed E-state index contributed by atoms with van der Waals surface area (Å²) in [6, 6.07) is 14.4. The molecule has 0 aliphatic heterocycles. The third-order valence-corrected chi connectivity index (χ3v) is 4.14. The average Bonchev–Trinajstić information content (AvgIpc) is 3.12. The first-order valence-corrected chi connectivity index (χ1v) is 8.47. The second-order valence-corrected chi connectivity index (χ2v) is 5.98. The normalized spacial score (nSPS) is 11.9. The van der Waals surface area contributed by atoms with Crippen LogP contribution in [0, 0.1) is 0 Å². The SMILES string of the molecule is C[C@H](C(=O)Nc1cccc(Oc2cnccn2)c1)n1cnc2ccccc21. The van der Waals surface area contributed by atoms with Gasteiger partial charge in [-0.1, -0.05) is 18.2 Å². The topological polar surface area (TPSA) is 81.9 Å². The lowest BCUT2D eigenvalue weighted by molar-refractivity contribution is -0.118. The highest BCUT2D eigenvalue weighted by atomic mass is 16.5. The molecule has 2 heterocycles. The quantitative estimate of drug-likeness (QED) is 0.586. The van der Waals surface area contributed by atoms with Crippen LogP contribution in [0.3, 0.4) is 0 Å². The number of rotatable bonds is 5. The van der Waals surface area contributed by atoms with Gasteiger partial charge in [0.15, 0.2) is 0 Å². The summed E-state index contributed by atoms with van der Waals surface area (Å²) in [6.45, 7) is 1.84. The van der Waals surface area contributed by atoms with Crippen LogP contribution in [0.5, 0.6) is 11.6 Å². The number of nitrogens with one attached hydrogen (secondary N) is 1. The van der Waals surface area contributed by atoms with Gasteiger partial charge in [0.2, 0.25) is 11.8 Å². The largest absolute Gasteiger partial charge is 0.437 e. The lowest BCUT2D eigenvalue weighted by Gasteiger charge is -2.15. The van der Waals surface area contributed by atoms with Crippen molar-refractivity contribution >= 4 is 22.6 Å². The minimum absolute atomic E-state index is 0.144. The molecule has 1 amide bonds. The zero-order chi connectivity index (χ0) is 18.6. The Morgan fingerprint density at radius 3 is 2.85 bits per heavy atom. The van der Waals surface area contributed by atoms with E-state index >= 15 is 0 Å². The molecule has 4 rings (SSSR count). The molecule has 7 heteroatoms. The van der Waals surface area contributed by atoms with Gasteiger partial charge in [-0.3, -0.25) is 9.78 Å². The van der Waals surface area contributed by atoms with Gasteiger partial charge in [0, 0.05) is 24.1 Å². The standard InChI is InChI=1S/C20H17N5O2/c1-14(25-13-23-17-7-2-3-8-18(17)25)20(26)24-15-5-4-6-16(11-15)27-19-12-21-9-10-22-19/h2-14H,1H3,(H,24,26)/t14-/m1/s1. The van der Waals surface area contributed by atoms with Gasteiger partial charge in [0.05, 0.1) is 23.6 Å². The van der Waals surface area contributed by atoms with Crippen LogP contribution >= 0.6 is 0 Å². The van der Waals surface area contributed by atoms with Crippen molar-refractivity contribution in [3.63, 3.8) is 0 Å². The number of anilines is 1. The number of ether oxygens (including phenoxy) is 1. The van der Waals surface area contributed by atoms with Crippen molar-refractivity contribution in [3.05, 3.63) is 73.4 Å². The molecular weight excluding hydrogens is 342 g/mol. The van der Waals surface area contributed by atoms with Gasteiger partial charge < -0.3 is 14.6 Å². The van der Waals surface area contributed by atoms with Crippen molar-refractivity contribution in [3.8, 4) is 11.6 Å². The molecule has 2 aromatic carbocycles. The molecule has 0 fully saturated rings. The Kier molecular flexibility index (Phi) is 4.49. The molecule has 7 nitrogen and oxygen atoms in total. The first-order chi connectivity index (χ1) is 13.2. The summed E-state index contributed by atoms with van der Waals surface area (Å²) in [7, 11) is 0. The van der Waals surface area contributed by atoms with Gasteiger partial charge in [0.25, 0.3) is 0 Å². The Labute approximate surface area is 155 Å². The van der Waals surface area contributed by atoms with Crippen molar-refractivity contribution in [1.29, 1.82) is 0 Å². The molecule has 1 N–H and O–H groups in total. The molecule has 0 radical (unpaired) electrons. The van der Waals surface area contributed by atoms with E-state index in [2.05, 4.69) is 20.3 Å². The molecule has 0 saturated heterocycles. The van der Waals surface area contributed by atoms with Crippen LogP contribution in [0.4, 0.5) is 5.69 Å². The minimum atomic E-state index is -0.415. The molecule has 134 valence electrons. The minimum Gasteiger partial charge on any atom is -0.437 e. The van der Waals surface area contributed by atoms with Crippen LogP contribution in [-0.4, -0.2) is 25.4 Å². The highest BCUT2D eigenvalue weighted by Gasteiger charge is 2.17. The van der Waals surface area contributed by atoms with E-state index in [1.807, 2.05) is 35.8 Å². The maximum absolute atomic E-state index is 12.7. The number of nitrogens with zero attached hydrogens (tertiary/aromatic N) is 4. The van der Waals surface area contributed by atoms with E-state index < -0.39 is 6.04 Å². The summed E-state index contributed by atoms with van der Waals surface area (Å²) in [6.07, 6.45) is 6.34. The summed E-state index contributed by atoms with van der Waals surface area (Å²) >= 11 is 0. The van der Waals surface area contributed by atoms with Crippen LogP contribution in [-0.2, 0) is 4.79 Å². The summed E-state index contributed by atoms with van der Waals surface area (Å²) in [5.41, 5.74) is 2.41. The Hall–Kier alpha value is -3.74. The summed E-state index contributed by atoms with van der Waals surface area (Å²) in [4.78, 5) is 25.1. The maximum atomic E-state index is 12.7. The van der Waals surface area contributed by atoms with Crippen LogP contribution < -0.4 is 10.1 Å². The fraction of sp³-hybridized carbons (Fsp3) is 0.100. The average molecular weight is 359 g/mol. The number of fused-ring (bicyclic) bond motifs is 1. The Bertz CT molecular complexity index is 1080. The number of carbonyl (C=O) groups is 1. The number of para-hydroxylation sites is 2. The molecular formula is C20H17N5O2. The molecule has 0 unspecified atom stereocenters. The molecule has 4 aromatic rings. The van der Waals surface area contributed by atoms with Gasteiger partial charge in [-0.05, 0) is 31.2 Å². The number of hydrogen-bond acceptors (Lipinski definition) is 5. The molecule has 0 spiro atoms. The number of aromatic nitrogens is 4. The molecule has 2 aromatic heterocycles. The van der Waals surface area contributed by atoms with Crippen molar-refractivity contribution in [2.75, 3.05) is 5.32 Å². The van der Waals surface area contributed by atoms with Gasteiger partial charge in [-0.2, -0.15) is 0 Å². The predicted molar refractivity (Wildman–Crippen MR) is 102 cm³/mol. The van der Waals surface area contributed by atoms with Gasteiger partial charge >= 0.3 is 0 Å². The van der Waals surface area contributed by atoms with Crippen LogP contribution in [0.25, 0.3) is 11.0 Å². The molecule has 27 heavy (non-hydrogen) atoms. The highest BCUT2D eigenvalue weighted by Crippen LogP contribution is 2.23. The van der Waals surface area contributed by atoms with Gasteiger partial charge in [-0.15, -0.1) is 0 Å². The van der Waals surface area contributed by atoms with E-state index in [-0.39, 0.29) is 5.91 Å². The van der Waals surface area contributed by atoms with E-state index in [1.165, 1.54) is 6.20 Å². The zero-order valence-corrected chi connectivity index (χ0v) is 14.6. The lowest BCUT2D eigenvalue weighted by Crippen LogP contribution is -2.23. The third kappa shape index (κ3) is 3.62. The number of imidazole rings is 1. The van der Waals surface area contributed by atoms with Crippen LogP contribution in [0.15, 0.2) is 73.4 Å². The van der Waals surface area contributed by atoms with Crippen molar-refractivity contribution in [2.45, 2.75) is 13.0 Å². The van der Waals surface area contributed by atoms with Crippen molar-refractivity contribution in [1.82, 2.24) is 19.5 Å². The Balaban J connectivity index is 1.50. The van der Waals surface area contributed by atoms with Gasteiger partial charge in [-0.25, -0.2) is 9.97 Å². The molecule has 1 atom stereocenters. The van der Waals surface area contributed by atoms with E-state index in [4.69, 9.17) is 4.74 Å². The van der Waals surface area contributed by atoms with Crippen LogP contribution in [0.1, 0.15) is 13.0 Å². The molecule has 0 saturated carbocycles. The second kappa shape index (κ2) is 7.25. The summed E-state index contributed by atoms with van der Waals surface area (Å²) < 4.78 is 7.50. The van der Waals surface area contributed by atoms with E-state index in [9.17, 15) is 4.79 Å². The van der Waals surface area contributed by atoms with Crippen molar-refractivity contribution in [2.24, 2.45) is 0 Å². The number of benzene rings is 2. The summed E-state index contributed by atoms with van der Waals surface area (Å²) in [5.74, 6) is 0.808. The lowest BCUT2D eigenvalue weighted by atomic mass is 10.2. The molecule has 0 aliphatic rings. The molecule has 0 aliphatic carbocycles. The summed E-state index contributed by atoms with van der Waals surface area (Å²) in [5, 5.41) is 2.92. The zero-order valence-electron chi connectivity index (χ0n) is 14.6. The Morgan fingerprint density at radius 1 is 1.11 bits per heavy atom. The number of carbonyl (C=O) groups excluding carboxylic acids is 1. The number of hydrogen-bond donors (Lipinski definition) is 1. The fourth-order valence-corrected chi connectivity index (χ4v) is 2.76. The number of amides is 1. The monoisotopic (exact) mass is 359 g/mol. The smallest absolute Gasteiger partial charge is 0.247 e. The fourth-order valence-electron chi connectivity index (χ4n) is 2.76. The molecule has 0 bridgehead atoms. The van der Waals surface area contributed by atoms with Crippen LogP contribution in [0.2, 0.25) is 0 Å². The third-order valence-electron chi connectivity index (χ3n) is 4.14. The second-order valence-electron chi connectivity index (χ2n) is 5.98. The van der Waals surface area contributed by atoms with E-state index in [1.54, 1.807) is 43.0 Å². The predicted octanol–water partition coefficient (Wildman–Crippen LogP) is 3.82. The van der Waals surface area contributed by atoms with E-state index in [0.29, 0.717) is 17.3 Å². The first-order valence-electron chi connectivity index (χ1n) is 8.47.